The van der Waals surface area contributed by atoms with Crippen molar-refractivity contribution in [2.45, 2.75) is 110 Å². The number of benzene rings is 3. The Bertz CT molecular complexity index is 2940. The van der Waals surface area contributed by atoms with Crippen LogP contribution in [0.3, 0.4) is 0 Å². The Morgan fingerprint density at radius 2 is 1.62 bits per heavy atom. The van der Waals surface area contributed by atoms with Crippen LogP contribution in [-0.4, -0.2) is 94.2 Å². The molecule has 0 spiro atoms. The molecule has 0 radical (unpaired) electrons. The van der Waals surface area contributed by atoms with Crippen molar-refractivity contribution >= 4 is 63.7 Å². The van der Waals surface area contributed by atoms with Crippen LogP contribution in [0.2, 0.25) is 0 Å². The molecule has 2 aromatic heterocycles. The highest BCUT2D eigenvalue weighted by Crippen LogP contribution is 2.42. The number of carbonyl (C=O) groups is 4. The van der Waals surface area contributed by atoms with Gasteiger partial charge in [0.25, 0.3) is 11.8 Å². The van der Waals surface area contributed by atoms with Gasteiger partial charge in [-0.05, 0) is 124 Å². The Morgan fingerprint density at radius 3 is 2.26 bits per heavy atom. The Kier molecular flexibility index (Phi) is 18.1. The number of hydrogen-bond acceptors (Lipinski definition) is 12. The molecule has 7 rings (SSSR count). The summed E-state index contributed by atoms with van der Waals surface area (Å²) >= 11 is 7.08. The van der Waals surface area contributed by atoms with Crippen LogP contribution in [0, 0.1) is 29.5 Å². The van der Waals surface area contributed by atoms with Crippen molar-refractivity contribution in [1.82, 2.24) is 25.5 Å². The number of halogens is 4. The average molecular weight is 1090 g/mol. The highest BCUT2D eigenvalue weighted by atomic mass is 32.1. The normalized spacial score (nSPS) is 15.9. The van der Waals surface area contributed by atoms with Crippen LogP contribution in [0.5, 0.6) is 11.6 Å². The fourth-order valence-electron chi connectivity index (χ4n) is 8.95. The third-order valence-corrected chi connectivity index (χ3v) is 14.4. The number of carbonyl (C=O) groups excluding carboxylic acids is 4. The number of unbranched alkanes of at least 4 members (excludes halogenated alkanes) is 2. The van der Waals surface area contributed by atoms with Crippen molar-refractivity contribution in [3.05, 3.63) is 118 Å². The summed E-state index contributed by atoms with van der Waals surface area (Å²) in [6.45, 7) is 13.1. The molecule has 4 amide bonds. The molecule has 2 aliphatic heterocycles. The van der Waals surface area contributed by atoms with Gasteiger partial charge in [-0.2, -0.15) is 18.4 Å². The summed E-state index contributed by atoms with van der Waals surface area (Å²) in [5.74, 6) is -2.61. The van der Waals surface area contributed by atoms with Crippen LogP contribution < -0.4 is 29.9 Å². The molecule has 2 aliphatic rings. The van der Waals surface area contributed by atoms with Crippen LogP contribution in [0.1, 0.15) is 106 Å². The van der Waals surface area contributed by atoms with Crippen molar-refractivity contribution in [2.24, 2.45) is 5.41 Å². The third-order valence-electron chi connectivity index (χ3n) is 13.1. The predicted molar refractivity (Wildman–Crippen MR) is 283 cm³/mol. The number of hydrogen-bond donors (Lipinski definition) is 2. The number of thiazole rings is 1. The molecule has 0 bridgehead atoms. The maximum Gasteiger partial charge on any atom is 0.420 e. The van der Waals surface area contributed by atoms with Crippen LogP contribution in [0.15, 0.2) is 84.5 Å². The van der Waals surface area contributed by atoms with E-state index in [1.165, 1.54) is 31.0 Å². The number of rotatable bonds is 21. The van der Waals surface area contributed by atoms with Gasteiger partial charge in [0.15, 0.2) is 10.9 Å². The van der Waals surface area contributed by atoms with Gasteiger partial charge in [0.2, 0.25) is 17.7 Å². The van der Waals surface area contributed by atoms with E-state index < -0.39 is 63.7 Å². The van der Waals surface area contributed by atoms with Crippen molar-refractivity contribution < 1.29 is 51.0 Å². The summed E-state index contributed by atoms with van der Waals surface area (Å²) in [6, 6.07) is 19.4. The van der Waals surface area contributed by atoms with E-state index in [-0.39, 0.29) is 16.9 Å². The molecule has 76 heavy (non-hydrogen) atoms. The first-order valence-electron chi connectivity index (χ1n) is 24.9. The van der Waals surface area contributed by atoms with Crippen molar-refractivity contribution in [2.75, 3.05) is 42.8 Å². The number of alkyl halides is 3. The molecular weight excluding hydrogens is 1020 g/mol. The average Bonchev–Trinajstić information content (AvgIpc) is 4.10. The molecule has 2 atom stereocenters. The first-order valence-corrected chi connectivity index (χ1v) is 26.2. The zero-order valence-corrected chi connectivity index (χ0v) is 44.7. The smallest absolute Gasteiger partial charge is 0.420 e. The van der Waals surface area contributed by atoms with Gasteiger partial charge in [0.05, 0.1) is 58.5 Å². The first-order chi connectivity index (χ1) is 36.1. The molecule has 0 unspecified atom stereocenters. The second-order valence-electron chi connectivity index (χ2n) is 20.0. The lowest BCUT2D eigenvalue weighted by Gasteiger charge is -2.35. The first kappa shape index (κ1) is 56.7. The maximum atomic E-state index is 15.4. The van der Waals surface area contributed by atoms with E-state index in [0.717, 1.165) is 46.7 Å². The summed E-state index contributed by atoms with van der Waals surface area (Å²) in [5, 5.41) is 14.9. The van der Waals surface area contributed by atoms with Gasteiger partial charge in [-0.1, -0.05) is 45.0 Å². The molecule has 3 aromatic carbocycles. The Morgan fingerprint density at radius 1 is 0.921 bits per heavy atom. The highest BCUT2D eigenvalue weighted by Gasteiger charge is 2.52. The summed E-state index contributed by atoms with van der Waals surface area (Å²) < 4.78 is 74.0. The second kappa shape index (κ2) is 24.3. The number of aromatic nitrogens is 2. The van der Waals surface area contributed by atoms with Crippen LogP contribution >= 0.6 is 23.6 Å². The zero-order valence-electron chi connectivity index (χ0n) is 43.1. The van der Waals surface area contributed by atoms with Crippen molar-refractivity contribution in [3.63, 3.8) is 0 Å². The number of anilines is 2. The van der Waals surface area contributed by atoms with E-state index in [1.807, 2.05) is 57.5 Å². The van der Waals surface area contributed by atoms with Crippen molar-refractivity contribution in [1.29, 1.82) is 5.26 Å². The molecule has 21 heteroatoms. The lowest BCUT2D eigenvalue weighted by Crippen LogP contribution is -2.57. The zero-order chi connectivity index (χ0) is 55.0. The Labute approximate surface area is 448 Å². The van der Waals surface area contributed by atoms with Gasteiger partial charge in [-0.15, -0.1) is 11.3 Å². The minimum atomic E-state index is -5.19. The number of ether oxygens (including phenoxy) is 3. The number of pyridine rings is 1. The maximum absolute atomic E-state index is 15.4. The summed E-state index contributed by atoms with van der Waals surface area (Å²) in [5.41, 5.74) is 0.0174. The molecule has 0 aliphatic carbocycles. The summed E-state index contributed by atoms with van der Waals surface area (Å²) in [7, 11) is 0. The minimum Gasteiger partial charge on any atom is -0.494 e. The van der Waals surface area contributed by atoms with Gasteiger partial charge in [0.1, 0.15) is 28.9 Å². The number of amides is 4. The molecular formula is C55H60F4N8O7S2. The molecule has 2 N–H and O–H groups in total. The number of thiocarbonyl (C=S) groups is 1. The summed E-state index contributed by atoms with van der Waals surface area (Å²) in [6.07, 6.45) is 0.376. The predicted octanol–water partition coefficient (Wildman–Crippen LogP) is 9.95. The Balaban J connectivity index is 0.778. The quantitative estimate of drug-likeness (QED) is 0.0404. The Hall–Kier alpha value is -7.02. The number of nitriles is 1. The molecule has 2 fully saturated rings. The summed E-state index contributed by atoms with van der Waals surface area (Å²) in [4.78, 5) is 68.0. The number of nitrogens with one attached hydrogen (secondary N) is 2. The van der Waals surface area contributed by atoms with Crippen molar-refractivity contribution in [3.8, 4) is 28.1 Å². The third kappa shape index (κ3) is 13.1. The fourth-order valence-corrected chi connectivity index (χ4v) is 10.3. The molecule has 402 valence electrons. The van der Waals surface area contributed by atoms with E-state index in [0.29, 0.717) is 93.0 Å². The van der Waals surface area contributed by atoms with Gasteiger partial charge < -0.3 is 34.6 Å². The monoisotopic (exact) mass is 1080 g/mol. The second-order valence-corrected chi connectivity index (χ2v) is 21.2. The fraction of sp³-hybridized carbons (Fsp3) is 0.418. The van der Waals surface area contributed by atoms with E-state index in [2.05, 4.69) is 20.6 Å². The lowest BCUT2D eigenvalue weighted by molar-refractivity contribution is -0.142. The van der Waals surface area contributed by atoms with E-state index >= 15 is 4.39 Å². The van der Waals surface area contributed by atoms with E-state index in [4.69, 9.17) is 31.7 Å². The SMILES string of the molecule is Cc1ncsc1-c1ccc(CNC(=O)[C@@H]2CCCN2C(=O)[C@@H](NC(=O)c2ccc(OCCCOCCCCCOc3ccc(N4C(=S)N(c5ccc(C#N)c(C(F)(F)F)c5F)C(=O)C4(C)C)cn3)cc2)C(C)(C)C)cc1. The van der Waals surface area contributed by atoms with Gasteiger partial charge in [-0.3, -0.25) is 24.1 Å². The molecule has 0 saturated carbocycles. The molecule has 4 heterocycles. The standard InChI is InChI=1S/C55H60F4N8O7S2/c1-34-46(76-33-63-34)36-15-13-35(14-16-36)31-62-49(69)42-12-10-25-65(42)50(70)47(53(2,3)4)64-48(68)37-17-21-40(22-18-37)73-29-11-27-72-26-8-7-9-28-74-43-24-20-39(32-61-43)67-52(75)66(51(71)54(67,5)6)41-23-19-38(30-60)44(45(41)56)55(57,58)59/h13-24,32-33,42,47H,7-12,25-29,31H2,1-6H3,(H,62,69)(H,64,68)/t42-,47+/m0/s1. The highest BCUT2D eigenvalue weighted by molar-refractivity contribution is 7.81. The van der Waals surface area contributed by atoms with E-state index in [1.54, 1.807) is 52.6 Å². The van der Waals surface area contributed by atoms with Gasteiger partial charge >= 0.3 is 6.18 Å². The van der Waals surface area contributed by atoms with Crippen LogP contribution in [0.4, 0.5) is 28.9 Å². The van der Waals surface area contributed by atoms with Crippen LogP contribution in [-0.2, 0) is 31.8 Å². The van der Waals surface area contributed by atoms with Gasteiger partial charge in [0, 0.05) is 44.4 Å². The lowest BCUT2D eigenvalue weighted by atomic mass is 9.85. The van der Waals surface area contributed by atoms with Gasteiger partial charge in [-0.25, -0.2) is 14.4 Å². The number of nitrogens with zero attached hydrogens (tertiary/aromatic N) is 6. The van der Waals surface area contributed by atoms with Crippen LogP contribution in [0.25, 0.3) is 10.4 Å². The molecule has 2 saturated heterocycles. The largest absolute Gasteiger partial charge is 0.494 e. The minimum absolute atomic E-state index is 0.228. The topological polar surface area (TPSA) is 179 Å². The number of aryl methyl sites for hydroxylation is 1. The van der Waals surface area contributed by atoms with E-state index in [9.17, 15) is 32.3 Å². The number of likely N-dealkylation sites (tertiary alicyclic amines) is 1. The molecule has 15 nitrogen and oxygen atoms in total. The molecule has 5 aromatic rings.